The van der Waals surface area contributed by atoms with E-state index in [1.807, 2.05) is 18.2 Å². The molecule has 1 aromatic rings. The maximum absolute atomic E-state index is 5.19. The highest BCUT2D eigenvalue weighted by Crippen LogP contribution is 2.16. The van der Waals surface area contributed by atoms with E-state index >= 15 is 0 Å². The molecule has 1 heterocycles. The molecule has 2 N–H and O–H groups in total. The molecule has 0 spiro atoms. The summed E-state index contributed by atoms with van der Waals surface area (Å²) < 4.78 is 5.19. The third-order valence-electron chi connectivity index (χ3n) is 3.04. The van der Waals surface area contributed by atoms with Gasteiger partial charge in [-0.25, -0.2) is 0 Å². The van der Waals surface area contributed by atoms with Gasteiger partial charge in [0.1, 0.15) is 5.75 Å². The smallest absolute Gasteiger partial charge is 0.120 e. The van der Waals surface area contributed by atoms with Crippen LogP contribution in [0.5, 0.6) is 5.75 Å². The van der Waals surface area contributed by atoms with Crippen molar-refractivity contribution in [3.8, 4) is 5.75 Å². The van der Waals surface area contributed by atoms with Crippen LogP contribution in [0.1, 0.15) is 0 Å². The Balaban J connectivity index is 1.73. The van der Waals surface area contributed by atoms with Crippen molar-refractivity contribution in [1.29, 1.82) is 0 Å². The second-order valence-corrected chi connectivity index (χ2v) is 4.25. The molecular formula is C13H21N3O. The zero-order chi connectivity index (χ0) is 11.9. The van der Waals surface area contributed by atoms with Crippen molar-refractivity contribution in [3.05, 3.63) is 24.3 Å². The average molecular weight is 235 g/mol. The third kappa shape index (κ3) is 3.91. The molecule has 0 amide bonds. The van der Waals surface area contributed by atoms with E-state index in [2.05, 4.69) is 21.6 Å². The van der Waals surface area contributed by atoms with Crippen LogP contribution >= 0.6 is 0 Å². The van der Waals surface area contributed by atoms with Crippen molar-refractivity contribution >= 4 is 5.69 Å². The fraction of sp³-hybridized carbons (Fsp3) is 0.538. The standard InChI is InChI=1S/C13H21N3O/c1-17-13-4-2-3-12(11-13)15-7-10-16-8-5-14-6-9-16/h2-4,11,14-15H,5-10H2,1H3. The summed E-state index contributed by atoms with van der Waals surface area (Å²) in [6, 6.07) is 8.06. The lowest BCUT2D eigenvalue weighted by Crippen LogP contribution is -2.45. The first-order valence-corrected chi connectivity index (χ1v) is 6.19. The predicted molar refractivity (Wildman–Crippen MR) is 70.8 cm³/mol. The van der Waals surface area contributed by atoms with Crippen LogP contribution in [0.4, 0.5) is 5.69 Å². The van der Waals surface area contributed by atoms with Gasteiger partial charge < -0.3 is 15.4 Å². The van der Waals surface area contributed by atoms with Crippen LogP contribution in [-0.2, 0) is 0 Å². The molecule has 0 aliphatic carbocycles. The summed E-state index contributed by atoms with van der Waals surface area (Å²) in [6.45, 7) is 6.60. The monoisotopic (exact) mass is 235 g/mol. The van der Waals surface area contributed by atoms with E-state index in [1.165, 1.54) is 0 Å². The molecule has 4 nitrogen and oxygen atoms in total. The fourth-order valence-electron chi connectivity index (χ4n) is 2.03. The summed E-state index contributed by atoms with van der Waals surface area (Å²) in [5.74, 6) is 0.900. The Bertz CT molecular complexity index is 337. The minimum absolute atomic E-state index is 0.900. The zero-order valence-electron chi connectivity index (χ0n) is 10.4. The predicted octanol–water partition coefficient (Wildman–Crippen LogP) is 1.01. The van der Waals surface area contributed by atoms with Crippen LogP contribution in [0.2, 0.25) is 0 Å². The number of piperazine rings is 1. The van der Waals surface area contributed by atoms with Gasteiger partial charge in [-0.1, -0.05) is 6.07 Å². The van der Waals surface area contributed by atoms with Gasteiger partial charge in [0.2, 0.25) is 0 Å². The van der Waals surface area contributed by atoms with E-state index in [1.54, 1.807) is 7.11 Å². The molecule has 4 heteroatoms. The second-order valence-electron chi connectivity index (χ2n) is 4.25. The van der Waals surface area contributed by atoms with Crippen molar-refractivity contribution < 1.29 is 4.74 Å². The van der Waals surface area contributed by atoms with Crippen LogP contribution in [0.3, 0.4) is 0 Å². The third-order valence-corrected chi connectivity index (χ3v) is 3.04. The summed E-state index contributed by atoms with van der Waals surface area (Å²) in [5, 5.41) is 6.78. The lowest BCUT2D eigenvalue weighted by atomic mass is 10.3. The highest BCUT2D eigenvalue weighted by atomic mass is 16.5. The summed E-state index contributed by atoms with van der Waals surface area (Å²) >= 11 is 0. The van der Waals surface area contributed by atoms with Gasteiger partial charge in [0, 0.05) is 51.0 Å². The van der Waals surface area contributed by atoms with E-state index in [9.17, 15) is 0 Å². The van der Waals surface area contributed by atoms with Crippen molar-refractivity contribution in [1.82, 2.24) is 10.2 Å². The van der Waals surface area contributed by atoms with Gasteiger partial charge in [0.25, 0.3) is 0 Å². The minimum Gasteiger partial charge on any atom is -0.497 e. The molecule has 0 aromatic heterocycles. The number of rotatable bonds is 5. The van der Waals surface area contributed by atoms with Gasteiger partial charge >= 0.3 is 0 Å². The Morgan fingerprint density at radius 3 is 2.94 bits per heavy atom. The van der Waals surface area contributed by atoms with E-state index in [-0.39, 0.29) is 0 Å². The van der Waals surface area contributed by atoms with Gasteiger partial charge in [-0.3, -0.25) is 4.90 Å². The molecule has 0 atom stereocenters. The van der Waals surface area contributed by atoms with E-state index in [0.717, 1.165) is 50.7 Å². The van der Waals surface area contributed by atoms with Crippen LogP contribution in [0.25, 0.3) is 0 Å². The van der Waals surface area contributed by atoms with Crippen molar-refractivity contribution in [2.75, 3.05) is 51.7 Å². The molecular weight excluding hydrogens is 214 g/mol. The molecule has 1 aromatic carbocycles. The molecule has 1 saturated heterocycles. The quantitative estimate of drug-likeness (QED) is 0.798. The number of hydrogen-bond acceptors (Lipinski definition) is 4. The van der Waals surface area contributed by atoms with E-state index in [4.69, 9.17) is 4.74 Å². The Hall–Kier alpha value is -1.26. The fourth-order valence-corrected chi connectivity index (χ4v) is 2.03. The molecule has 0 saturated carbocycles. The molecule has 2 rings (SSSR count). The topological polar surface area (TPSA) is 36.5 Å². The van der Waals surface area contributed by atoms with E-state index in [0.29, 0.717) is 0 Å². The van der Waals surface area contributed by atoms with Crippen LogP contribution in [0, 0.1) is 0 Å². The second kappa shape index (κ2) is 6.47. The highest BCUT2D eigenvalue weighted by molar-refractivity contribution is 5.48. The van der Waals surface area contributed by atoms with E-state index < -0.39 is 0 Å². The largest absolute Gasteiger partial charge is 0.497 e. The lowest BCUT2D eigenvalue weighted by Gasteiger charge is -2.27. The number of hydrogen-bond donors (Lipinski definition) is 2. The Morgan fingerprint density at radius 2 is 2.18 bits per heavy atom. The maximum Gasteiger partial charge on any atom is 0.120 e. The Kier molecular flexibility index (Phi) is 4.64. The first kappa shape index (κ1) is 12.2. The first-order chi connectivity index (χ1) is 8.38. The number of ether oxygens (including phenoxy) is 1. The number of nitrogens with zero attached hydrogens (tertiary/aromatic N) is 1. The molecule has 0 unspecified atom stereocenters. The molecule has 1 aliphatic rings. The maximum atomic E-state index is 5.19. The molecule has 94 valence electrons. The van der Waals surface area contributed by atoms with Gasteiger partial charge in [-0.05, 0) is 12.1 Å². The lowest BCUT2D eigenvalue weighted by molar-refractivity contribution is 0.249. The van der Waals surface area contributed by atoms with Gasteiger partial charge in [-0.2, -0.15) is 0 Å². The summed E-state index contributed by atoms with van der Waals surface area (Å²) in [4.78, 5) is 2.48. The van der Waals surface area contributed by atoms with Crippen molar-refractivity contribution in [2.24, 2.45) is 0 Å². The molecule has 0 radical (unpaired) electrons. The summed E-state index contributed by atoms with van der Waals surface area (Å²) in [5.41, 5.74) is 1.12. The molecule has 17 heavy (non-hydrogen) atoms. The Morgan fingerprint density at radius 1 is 1.35 bits per heavy atom. The van der Waals surface area contributed by atoms with Crippen LogP contribution in [-0.4, -0.2) is 51.3 Å². The molecule has 1 aliphatic heterocycles. The van der Waals surface area contributed by atoms with Crippen molar-refractivity contribution in [2.45, 2.75) is 0 Å². The SMILES string of the molecule is COc1cccc(NCCN2CCNCC2)c1. The average Bonchev–Trinajstić information content (AvgIpc) is 2.40. The van der Waals surface area contributed by atoms with Crippen LogP contribution < -0.4 is 15.4 Å². The zero-order valence-corrected chi connectivity index (χ0v) is 10.4. The number of nitrogens with one attached hydrogen (secondary N) is 2. The number of benzene rings is 1. The molecule has 1 fully saturated rings. The molecule has 0 bridgehead atoms. The summed E-state index contributed by atoms with van der Waals surface area (Å²) in [7, 11) is 1.69. The van der Waals surface area contributed by atoms with Gasteiger partial charge in [0.05, 0.1) is 7.11 Å². The summed E-state index contributed by atoms with van der Waals surface area (Å²) in [6.07, 6.45) is 0. The Labute approximate surface area is 103 Å². The van der Waals surface area contributed by atoms with Gasteiger partial charge in [0.15, 0.2) is 0 Å². The normalized spacial score (nSPS) is 16.8. The highest BCUT2D eigenvalue weighted by Gasteiger charge is 2.08. The first-order valence-electron chi connectivity index (χ1n) is 6.19. The van der Waals surface area contributed by atoms with Gasteiger partial charge in [-0.15, -0.1) is 0 Å². The number of anilines is 1. The van der Waals surface area contributed by atoms with Crippen molar-refractivity contribution in [3.63, 3.8) is 0 Å². The minimum atomic E-state index is 0.900. The van der Waals surface area contributed by atoms with Crippen LogP contribution in [0.15, 0.2) is 24.3 Å². The number of methoxy groups -OCH3 is 1.